The molecule has 30 heavy (non-hydrogen) atoms. The summed E-state index contributed by atoms with van der Waals surface area (Å²) in [4.78, 5) is 20.7. The summed E-state index contributed by atoms with van der Waals surface area (Å²) in [6.45, 7) is 1.05. The standard InChI is InChI=1S/C23H23N5O2/c1-30-21-6-3-2-5-18(21)11-14-25-22-15-20(27-16-28-22)17-7-9-19(10-8-17)23(29)26-13-4-12-24/h2-3,5-10,15-16H,4,11,13-14H2,1H3,(H,26,29)(H,25,27,28). The third-order valence-electron chi connectivity index (χ3n) is 4.53. The van der Waals surface area contributed by atoms with Gasteiger partial charge < -0.3 is 15.4 Å². The number of rotatable bonds is 9. The number of amides is 1. The third-order valence-corrected chi connectivity index (χ3v) is 4.53. The molecule has 0 atom stereocenters. The van der Waals surface area contributed by atoms with Crippen molar-refractivity contribution in [2.45, 2.75) is 12.8 Å². The Labute approximate surface area is 175 Å². The second-order valence-corrected chi connectivity index (χ2v) is 6.52. The lowest BCUT2D eigenvalue weighted by molar-refractivity contribution is 0.0954. The molecule has 7 heteroatoms. The van der Waals surface area contributed by atoms with Crippen molar-refractivity contribution in [2.75, 3.05) is 25.5 Å². The molecule has 1 amide bonds. The van der Waals surface area contributed by atoms with E-state index in [0.717, 1.165) is 34.8 Å². The van der Waals surface area contributed by atoms with Crippen LogP contribution in [0.3, 0.4) is 0 Å². The Morgan fingerprint density at radius 2 is 1.90 bits per heavy atom. The van der Waals surface area contributed by atoms with Gasteiger partial charge in [-0.3, -0.25) is 4.79 Å². The largest absolute Gasteiger partial charge is 0.496 e. The molecule has 0 unspecified atom stereocenters. The number of nitrogens with zero attached hydrogens (tertiary/aromatic N) is 3. The van der Waals surface area contributed by atoms with Crippen LogP contribution in [-0.2, 0) is 6.42 Å². The Hall–Kier alpha value is -3.92. The van der Waals surface area contributed by atoms with Crippen LogP contribution < -0.4 is 15.4 Å². The van der Waals surface area contributed by atoms with E-state index in [-0.39, 0.29) is 12.3 Å². The van der Waals surface area contributed by atoms with E-state index in [1.807, 2.05) is 48.5 Å². The van der Waals surface area contributed by atoms with E-state index in [4.69, 9.17) is 10.00 Å². The van der Waals surface area contributed by atoms with Gasteiger partial charge in [-0.1, -0.05) is 30.3 Å². The number of hydrogen-bond acceptors (Lipinski definition) is 6. The molecule has 0 fully saturated rings. The first kappa shape index (κ1) is 20.8. The number of para-hydroxylation sites is 1. The van der Waals surface area contributed by atoms with E-state index in [9.17, 15) is 4.79 Å². The van der Waals surface area contributed by atoms with Crippen molar-refractivity contribution in [1.82, 2.24) is 15.3 Å². The molecule has 0 saturated carbocycles. The van der Waals surface area contributed by atoms with Crippen LogP contribution in [0.15, 0.2) is 60.9 Å². The Kier molecular flexibility index (Phi) is 7.34. The van der Waals surface area contributed by atoms with Gasteiger partial charge in [0, 0.05) is 30.3 Å². The zero-order valence-electron chi connectivity index (χ0n) is 16.8. The maximum atomic E-state index is 12.0. The quantitative estimate of drug-likeness (QED) is 0.533. The first-order chi connectivity index (χ1) is 14.7. The molecule has 0 aliphatic rings. The highest BCUT2D eigenvalue weighted by molar-refractivity contribution is 5.94. The van der Waals surface area contributed by atoms with Crippen molar-refractivity contribution in [1.29, 1.82) is 5.26 Å². The second kappa shape index (κ2) is 10.6. The van der Waals surface area contributed by atoms with E-state index in [0.29, 0.717) is 18.7 Å². The van der Waals surface area contributed by atoms with Gasteiger partial charge in [0.15, 0.2) is 0 Å². The molecule has 3 rings (SSSR count). The van der Waals surface area contributed by atoms with Crippen molar-refractivity contribution >= 4 is 11.7 Å². The fourth-order valence-corrected chi connectivity index (χ4v) is 2.97. The Morgan fingerprint density at radius 1 is 1.10 bits per heavy atom. The van der Waals surface area contributed by atoms with Gasteiger partial charge in [0.25, 0.3) is 5.91 Å². The summed E-state index contributed by atoms with van der Waals surface area (Å²) < 4.78 is 5.38. The average Bonchev–Trinajstić information content (AvgIpc) is 2.80. The molecule has 7 nitrogen and oxygen atoms in total. The van der Waals surface area contributed by atoms with Gasteiger partial charge in [-0.15, -0.1) is 0 Å². The van der Waals surface area contributed by atoms with Crippen LogP contribution in [0.2, 0.25) is 0 Å². The van der Waals surface area contributed by atoms with Crippen LogP contribution >= 0.6 is 0 Å². The molecule has 1 aromatic heterocycles. The molecule has 0 bridgehead atoms. The van der Waals surface area contributed by atoms with E-state index in [1.165, 1.54) is 6.33 Å². The summed E-state index contributed by atoms with van der Waals surface area (Å²) in [6, 6.07) is 19.0. The molecule has 0 saturated heterocycles. The molecule has 0 spiro atoms. The number of aromatic nitrogens is 2. The summed E-state index contributed by atoms with van der Waals surface area (Å²) in [6.07, 6.45) is 2.61. The van der Waals surface area contributed by atoms with Gasteiger partial charge in [0.1, 0.15) is 17.9 Å². The molecule has 0 aliphatic carbocycles. The van der Waals surface area contributed by atoms with Crippen molar-refractivity contribution in [3.63, 3.8) is 0 Å². The van der Waals surface area contributed by atoms with Crippen molar-refractivity contribution in [3.05, 3.63) is 72.1 Å². The highest BCUT2D eigenvalue weighted by Gasteiger charge is 2.07. The van der Waals surface area contributed by atoms with Gasteiger partial charge in [-0.05, 0) is 30.2 Å². The van der Waals surface area contributed by atoms with Crippen molar-refractivity contribution in [3.8, 4) is 23.1 Å². The smallest absolute Gasteiger partial charge is 0.251 e. The Balaban J connectivity index is 1.61. The highest BCUT2D eigenvalue weighted by Crippen LogP contribution is 2.20. The van der Waals surface area contributed by atoms with Crippen molar-refractivity contribution < 1.29 is 9.53 Å². The molecular formula is C23H23N5O2. The van der Waals surface area contributed by atoms with Gasteiger partial charge >= 0.3 is 0 Å². The minimum Gasteiger partial charge on any atom is -0.496 e. The minimum absolute atomic E-state index is 0.196. The second-order valence-electron chi connectivity index (χ2n) is 6.52. The number of carbonyl (C=O) groups excluding carboxylic acids is 1. The third kappa shape index (κ3) is 5.55. The molecule has 1 heterocycles. The normalized spacial score (nSPS) is 10.1. The zero-order valence-corrected chi connectivity index (χ0v) is 16.8. The Bertz CT molecular complexity index is 1030. The fourth-order valence-electron chi connectivity index (χ4n) is 2.97. The highest BCUT2D eigenvalue weighted by atomic mass is 16.5. The number of benzene rings is 2. The van der Waals surface area contributed by atoms with Gasteiger partial charge in [-0.2, -0.15) is 5.26 Å². The van der Waals surface area contributed by atoms with E-state index < -0.39 is 0 Å². The van der Waals surface area contributed by atoms with Crippen LogP contribution in [0.1, 0.15) is 22.3 Å². The SMILES string of the molecule is COc1ccccc1CCNc1cc(-c2ccc(C(=O)NCCC#N)cc2)ncn1. The summed E-state index contributed by atoms with van der Waals surface area (Å²) in [5, 5.41) is 14.6. The van der Waals surface area contributed by atoms with Gasteiger partial charge in [0.2, 0.25) is 0 Å². The van der Waals surface area contributed by atoms with E-state index in [1.54, 1.807) is 19.2 Å². The molecule has 152 valence electrons. The fraction of sp³-hybridized carbons (Fsp3) is 0.217. The minimum atomic E-state index is -0.196. The van der Waals surface area contributed by atoms with Crippen LogP contribution in [0.5, 0.6) is 5.75 Å². The maximum absolute atomic E-state index is 12.0. The molecule has 0 aliphatic heterocycles. The topological polar surface area (TPSA) is 99.9 Å². The number of hydrogen-bond donors (Lipinski definition) is 2. The first-order valence-electron chi connectivity index (χ1n) is 9.64. The first-order valence-corrected chi connectivity index (χ1v) is 9.64. The lowest BCUT2D eigenvalue weighted by Gasteiger charge is -2.10. The van der Waals surface area contributed by atoms with Crippen LogP contribution in [-0.4, -0.2) is 36.1 Å². The van der Waals surface area contributed by atoms with Gasteiger partial charge in [-0.25, -0.2) is 9.97 Å². The molecular weight excluding hydrogens is 378 g/mol. The number of nitriles is 1. The number of methoxy groups -OCH3 is 1. The van der Waals surface area contributed by atoms with Crippen LogP contribution in [0.25, 0.3) is 11.3 Å². The summed E-state index contributed by atoms with van der Waals surface area (Å²) in [5.74, 6) is 1.41. The van der Waals surface area contributed by atoms with E-state index >= 15 is 0 Å². The molecule has 2 aromatic carbocycles. The monoisotopic (exact) mass is 401 g/mol. The maximum Gasteiger partial charge on any atom is 0.251 e. The summed E-state index contributed by atoms with van der Waals surface area (Å²) in [5.41, 5.74) is 3.33. The summed E-state index contributed by atoms with van der Waals surface area (Å²) in [7, 11) is 1.67. The zero-order chi connectivity index (χ0) is 21.2. The van der Waals surface area contributed by atoms with E-state index in [2.05, 4.69) is 20.6 Å². The molecule has 0 radical (unpaired) electrons. The molecule has 2 N–H and O–H groups in total. The number of nitrogens with one attached hydrogen (secondary N) is 2. The van der Waals surface area contributed by atoms with Gasteiger partial charge in [0.05, 0.1) is 25.3 Å². The number of ether oxygens (including phenoxy) is 1. The molecule has 3 aromatic rings. The Morgan fingerprint density at radius 3 is 2.67 bits per heavy atom. The number of carbonyl (C=O) groups is 1. The van der Waals surface area contributed by atoms with Crippen molar-refractivity contribution in [2.24, 2.45) is 0 Å². The van der Waals surface area contributed by atoms with Crippen LogP contribution in [0, 0.1) is 11.3 Å². The lowest BCUT2D eigenvalue weighted by atomic mass is 10.1. The summed E-state index contributed by atoms with van der Waals surface area (Å²) >= 11 is 0. The number of anilines is 1. The average molecular weight is 401 g/mol. The predicted molar refractivity (Wildman–Crippen MR) is 115 cm³/mol. The lowest BCUT2D eigenvalue weighted by Crippen LogP contribution is -2.24. The predicted octanol–water partition coefficient (Wildman–Crippen LogP) is 3.45. The van der Waals surface area contributed by atoms with Crippen LogP contribution in [0.4, 0.5) is 5.82 Å².